The van der Waals surface area contributed by atoms with Gasteiger partial charge in [-0.3, -0.25) is 4.79 Å². The molecule has 1 N–H and O–H groups in total. The summed E-state index contributed by atoms with van der Waals surface area (Å²) in [5, 5.41) is 11.8. The van der Waals surface area contributed by atoms with E-state index >= 15 is 0 Å². The Labute approximate surface area is 117 Å². The summed E-state index contributed by atoms with van der Waals surface area (Å²) >= 11 is 0. The Hall–Kier alpha value is -2.60. The third-order valence-corrected chi connectivity index (χ3v) is 3.66. The van der Waals surface area contributed by atoms with Crippen LogP contribution in [0.1, 0.15) is 30.0 Å². The summed E-state index contributed by atoms with van der Waals surface area (Å²) < 4.78 is 0. The molecule has 2 aromatic carbocycles. The lowest BCUT2D eigenvalue weighted by Gasteiger charge is -2.11. The van der Waals surface area contributed by atoms with Gasteiger partial charge in [0.05, 0.1) is 17.7 Å². The zero-order chi connectivity index (χ0) is 13.9. The molecule has 98 valence electrons. The van der Waals surface area contributed by atoms with Gasteiger partial charge in [0.1, 0.15) is 0 Å². The first-order valence-corrected chi connectivity index (χ1v) is 6.66. The van der Waals surface area contributed by atoms with Crippen molar-refractivity contribution in [3.63, 3.8) is 0 Å². The molecule has 0 saturated carbocycles. The minimum absolute atomic E-state index is 0.131. The van der Waals surface area contributed by atoms with E-state index in [-0.39, 0.29) is 11.9 Å². The van der Waals surface area contributed by atoms with Gasteiger partial charge in [-0.2, -0.15) is 5.26 Å². The summed E-state index contributed by atoms with van der Waals surface area (Å²) in [6, 6.07) is 18.0. The normalized spacial score (nSPS) is 17.6. The smallest absolute Gasteiger partial charge is 0.220 e. The average molecular weight is 262 g/mol. The Morgan fingerprint density at radius 1 is 1.00 bits per heavy atom. The molecule has 0 aliphatic carbocycles. The molecule has 1 amide bonds. The molecule has 1 heterocycles. The lowest BCUT2D eigenvalue weighted by Crippen LogP contribution is -2.18. The average Bonchev–Trinajstić information content (AvgIpc) is 2.94. The monoisotopic (exact) mass is 262 g/mol. The molecule has 1 unspecified atom stereocenters. The summed E-state index contributed by atoms with van der Waals surface area (Å²) in [7, 11) is 0. The van der Waals surface area contributed by atoms with Crippen molar-refractivity contribution in [1.82, 2.24) is 5.32 Å². The summed E-state index contributed by atoms with van der Waals surface area (Å²) in [5.74, 6) is 0.131. The van der Waals surface area contributed by atoms with Gasteiger partial charge in [0.2, 0.25) is 5.91 Å². The van der Waals surface area contributed by atoms with E-state index in [1.807, 2.05) is 24.3 Å². The van der Waals surface area contributed by atoms with Crippen LogP contribution < -0.4 is 5.32 Å². The van der Waals surface area contributed by atoms with Gasteiger partial charge in [0.15, 0.2) is 0 Å². The number of rotatable bonds is 2. The fourth-order valence-electron chi connectivity index (χ4n) is 2.51. The third kappa shape index (κ3) is 2.41. The Bertz CT molecular complexity index is 666. The largest absolute Gasteiger partial charge is 0.349 e. The molecular weight excluding hydrogens is 248 g/mol. The first-order valence-electron chi connectivity index (χ1n) is 6.66. The lowest BCUT2D eigenvalue weighted by atomic mass is 9.99. The Morgan fingerprint density at radius 2 is 1.60 bits per heavy atom. The predicted octanol–water partition coefficient (Wildman–Crippen LogP) is 3.18. The van der Waals surface area contributed by atoms with Gasteiger partial charge in [0, 0.05) is 6.42 Å². The van der Waals surface area contributed by atoms with E-state index in [1.165, 1.54) is 0 Å². The molecule has 3 heteroatoms. The van der Waals surface area contributed by atoms with Crippen LogP contribution in [0, 0.1) is 11.3 Å². The van der Waals surface area contributed by atoms with Crippen LogP contribution in [0.15, 0.2) is 48.5 Å². The van der Waals surface area contributed by atoms with Gasteiger partial charge in [-0.05, 0) is 35.2 Å². The van der Waals surface area contributed by atoms with Gasteiger partial charge in [-0.25, -0.2) is 0 Å². The van der Waals surface area contributed by atoms with E-state index in [1.54, 1.807) is 0 Å². The van der Waals surface area contributed by atoms with Crippen LogP contribution >= 0.6 is 0 Å². The number of hydrogen-bond donors (Lipinski definition) is 1. The van der Waals surface area contributed by atoms with Crippen molar-refractivity contribution >= 4 is 5.91 Å². The SMILES string of the molecule is N#Cc1ccc(-c2ccc(C3CCC(=O)N3)cc2)cc1. The topological polar surface area (TPSA) is 52.9 Å². The Kier molecular flexibility index (Phi) is 3.22. The quantitative estimate of drug-likeness (QED) is 0.903. The van der Waals surface area contributed by atoms with Crippen molar-refractivity contribution in [2.24, 2.45) is 0 Å². The van der Waals surface area contributed by atoms with Gasteiger partial charge in [0.25, 0.3) is 0 Å². The van der Waals surface area contributed by atoms with Crippen LogP contribution in [0.2, 0.25) is 0 Å². The zero-order valence-corrected chi connectivity index (χ0v) is 11.0. The van der Waals surface area contributed by atoms with Crippen molar-refractivity contribution in [3.8, 4) is 17.2 Å². The standard InChI is InChI=1S/C17H14N2O/c18-11-12-1-3-13(4-2-12)14-5-7-15(8-6-14)16-9-10-17(20)19-16/h1-8,16H,9-10H2,(H,19,20). The summed E-state index contributed by atoms with van der Waals surface area (Å²) in [6.07, 6.45) is 1.48. The number of amides is 1. The lowest BCUT2D eigenvalue weighted by molar-refractivity contribution is -0.119. The van der Waals surface area contributed by atoms with Crippen LogP contribution in [-0.2, 0) is 4.79 Å². The molecule has 0 bridgehead atoms. The second kappa shape index (κ2) is 5.18. The molecule has 0 radical (unpaired) electrons. The second-order valence-electron chi connectivity index (χ2n) is 4.97. The Morgan fingerprint density at radius 3 is 2.10 bits per heavy atom. The first-order chi connectivity index (χ1) is 9.76. The van der Waals surface area contributed by atoms with Gasteiger partial charge >= 0.3 is 0 Å². The molecule has 2 aromatic rings. The van der Waals surface area contributed by atoms with Gasteiger partial charge < -0.3 is 5.32 Å². The first kappa shape index (κ1) is 12.4. The predicted molar refractivity (Wildman–Crippen MR) is 76.7 cm³/mol. The van der Waals surface area contributed by atoms with Crippen LogP contribution in [0.5, 0.6) is 0 Å². The summed E-state index contributed by atoms with van der Waals surface area (Å²) in [4.78, 5) is 11.2. The van der Waals surface area contributed by atoms with E-state index in [9.17, 15) is 4.79 Å². The van der Waals surface area contributed by atoms with Gasteiger partial charge in [-0.15, -0.1) is 0 Å². The van der Waals surface area contributed by atoms with E-state index in [0.29, 0.717) is 12.0 Å². The number of nitriles is 1. The fraction of sp³-hybridized carbons (Fsp3) is 0.176. The maximum Gasteiger partial charge on any atom is 0.220 e. The summed E-state index contributed by atoms with van der Waals surface area (Å²) in [5.41, 5.74) is 4.01. The molecule has 1 atom stereocenters. The molecule has 3 rings (SSSR count). The van der Waals surface area contributed by atoms with Crippen LogP contribution in [-0.4, -0.2) is 5.91 Å². The van der Waals surface area contributed by atoms with E-state index in [0.717, 1.165) is 23.1 Å². The van der Waals surface area contributed by atoms with Crippen molar-refractivity contribution in [3.05, 3.63) is 59.7 Å². The molecule has 0 spiro atoms. The number of carbonyl (C=O) groups excluding carboxylic acids is 1. The van der Waals surface area contributed by atoms with E-state index in [2.05, 4.69) is 35.7 Å². The van der Waals surface area contributed by atoms with Crippen molar-refractivity contribution < 1.29 is 4.79 Å². The number of carbonyl (C=O) groups is 1. The van der Waals surface area contributed by atoms with Crippen molar-refractivity contribution in [2.75, 3.05) is 0 Å². The molecular formula is C17H14N2O. The molecule has 1 saturated heterocycles. The minimum atomic E-state index is 0.131. The fourth-order valence-corrected chi connectivity index (χ4v) is 2.51. The summed E-state index contributed by atoms with van der Waals surface area (Å²) in [6.45, 7) is 0. The molecule has 3 nitrogen and oxygen atoms in total. The zero-order valence-electron chi connectivity index (χ0n) is 11.0. The minimum Gasteiger partial charge on any atom is -0.349 e. The highest BCUT2D eigenvalue weighted by Gasteiger charge is 2.21. The third-order valence-electron chi connectivity index (χ3n) is 3.66. The highest BCUT2D eigenvalue weighted by Crippen LogP contribution is 2.26. The Balaban J connectivity index is 1.82. The van der Waals surface area contributed by atoms with E-state index in [4.69, 9.17) is 5.26 Å². The van der Waals surface area contributed by atoms with Crippen molar-refractivity contribution in [2.45, 2.75) is 18.9 Å². The number of nitrogens with zero attached hydrogens (tertiary/aromatic N) is 1. The highest BCUT2D eigenvalue weighted by atomic mass is 16.1. The second-order valence-corrected chi connectivity index (χ2v) is 4.97. The number of nitrogens with one attached hydrogen (secondary N) is 1. The molecule has 1 fully saturated rings. The van der Waals surface area contributed by atoms with E-state index < -0.39 is 0 Å². The van der Waals surface area contributed by atoms with Crippen LogP contribution in [0.25, 0.3) is 11.1 Å². The molecule has 1 aliphatic rings. The molecule has 0 aromatic heterocycles. The van der Waals surface area contributed by atoms with Crippen LogP contribution in [0.4, 0.5) is 0 Å². The van der Waals surface area contributed by atoms with Crippen LogP contribution in [0.3, 0.4) is 0 Å². The van der Waals surface area contributed by atoms with Crippen molar-refractivity contribution in [1.29, 1.82) is 5.26 Å². The van der Waals surface area contributed by atoms with Gasteiger partial charge in [-0.1, -0.05) is 36.4 Å². The number of benzene rings is 2. The molecule has 20 heavy (non-hydrogen) atoms. The maximum atomic E-state index is 11.2. The molecule has 1 aliphatic heterocycles. The number of hydrogen-bond acceptors (Lipinski definition) is 2. The maximum absolute atomic E-state index is 11.2. The highest BCUT2D eigenvalue weighted by molar-refractivity contribution is 5.78.